The molecule has 3 rings (SSSR count). The molecule has 1 atom stereocenters. The zero-order valence-corrected chi connectivity index (χ0v) is 16.6. The van der Waals surface area contributed by atoms with Gasteiger partial charge in [0.2, 0.25) is 0 Å². The van der Waals surface area contributed by atoms with Crippen LogP contribution < -0.4 is 4.90 Å². The summed E-state index contributed by atoms with van der Waals surface area (Å²) in [5, 5.41) is 0. The lowest BCUT2D eigenvalue weighted by atomic mass is 10.0. The second-order valence-electron chi connectivity index (χ2n) is 7.26. The second kappa shape index (κ2) is 8.00. The summed E-state index contributed by atoms with van der Waals surface area (Å²) in [5.41, 5.74) is 2.92. The van der Waals surface area contributed by atoms with Crippen LogP contribution in [0, 0.1) is 0 Å². The topological polar surface area (TPSA) is 71.5 Å². The minimum Gasteiger partial charge on any atom is -0.366 e. The number of ether oxygens (including phenoxy) is 1. The van der Waals surface area contributed by atoms with Crippen molar-refractivity contribution in [3.05, 3.63) is 35.8 Å². The van der Waals surface area contributed by atoms with Gasteiger partial charge in [-0.3, -0.25) is 9.78 Å². The number of aromatic nitrogens is 3. The lowest BCUT2D eigenvalue weighted by Gasteiger charge is -2.32. The van der Waals surface area contributed by atoms with E-state index in [0.717, 1.165) is 29.1 Å². The molecule has 0 unspecified atom stereocenters. The molecule has 0 N–H and O–H groups in total. The Morgan fingerprint density at radius 3 is 2.52 bits per heavy atom. The van der Waals surface area contributed by atoms with Crippen LogP contribution >= 0.6 is 0 Å². The van der Waals surface area contributed by atoms with Gasteiger partial charge in [0, 0.05) is 44.2 Å². The zero-order valence-electron chi connectivity index (χ0n) is 16.6. The van der Waals surface area contributed by atoms with Gasteiger partial charge in [-0.25, -0.2) is 9.97 Å². The van der Waals surface area contributed by atoms with Crippen molar-refractivity contribution in [2.75, 3.05) is 25.5 Å². The molecule has 7 heteroatoms. The average Bonchev–Trinajstić information content (AvgIpc) is 2.66. The fourth-order valence-electron chi connectivity index (χ4n) is 3.32. The van der Waals surface area contributed by atoms with Crippen molar-refractivity contribution in [1.82, 2.24) is 19.9 Å². The third-order valence-electron chi connectivity index (χ3n) is 4.54. The molecule has 0 saturated heterocycles. The Labute approximate surface area is 160 Å². The van der Waals surface area contributed by atoms with Crippen LogP contribution in [0.3, 0.4) is 0 Å². The summed E-state index contributed by atoms with van der Waals surface area (Å²) in [6, 6.07) is 3.79. The molecule has 2 aromatic heterocycles. The molecule has 0 aromatic carbocycles. The van der Waals surface area contributed by atoms with Gasteiger partial charge in [-0.15, -0.1) is 0 Å². The van der Waals surface area contributed by atoms with E-state index >= 15 is 0 Å². The third kappa shape index (κ3) is 4.24. The number of hydrogen-bond acceptors (Lipinski definition) is 6. The Morgan fingerprint density at radius 1 is 1.19 bits per heavy atom. The Hall–Kier alpha value is -2.54. The maximum atomic E-state index is 12.8. The lowest BCUT2D eigenvalue weighted by molar-refractivity contribution is -0.146. The van der Waals surface area contributed by atoms with Gasteiger partial charge in [0.1, 0.15) is 11.9 Å². The standard InChI is InChI=1S/C20H27N5O2/c1-13(2)27-14(3)20(26)25-11-8-16-17(12-25)22-18(23-19(16)24(4)5)15-6-9-21-10-7-15/h6-7,9-10,13-14H,8,11-12H2,1-5H3/t14-/m0/s1. The summed E-state index contributed by atoms with van der Waals surface area (Å²) in [7, 11) is 3.96. The van der Waals surface area contributed by atoms with Crippen LogP contribution in [0.25, 0.3) is 11.4 Å². The monoisotopic (exact) mass is 369 g/mol. The van der Waals surface area contributed by atoms with Crippen LogP contribution in [0.5, 0.6) is 0 Å². The molecule has 0 radical (unpaired) electrons. The number of nitrogens with zero attached hydrogens (tertiary/aromatic N) is 5. The van der Waals surface area contributed by atoms with Crippen molar-refractivity contribution in [2.45, 2.75) is 45.9 Å². The Bertz CT molecular complexity index is 808. The highest BCUT2D eigenvalue weighted by Crippen LogP contribution is 2.28. The van der Waals surface area contributed by atoms with Crippen molar-refractivity contribution in [3.63, 3.8) is 0 Å². The molecule has 0 aliphatic carbocycles. The Balaban J connectivity index is 1.92. The molecule has 3 heterocycles. The van der Waals surface area contributed by atoms with Crippen LogP contribution in [0.2, 0.25) is 0 Å². The van der Waals surface area contributed by atoms with Gasteiger partial charge in [-0.05, 0) is 39.3 Å². The first kappa shape index (κ1) is 19.2. The Morgan fingerprint density at radius 2 is 1.89 bits per heavy atom. The molecule has 0 saturated carbocycles. The van der Waals surface area contributed by atoms with Crippen molar-refractivity contribution >= 4 is 11.7 Å². The van der Waals surface area contributed by atoms with E-state index in [-0.39, 0.29) is 12.0 Å². The zero-order chi connectivity index (χ0) is 19.6. The largest absolute Gasteiger partial charge is 0.366 e. The SMILES string of the molecule is CC(C)O[C@@H](C)C(=O)N1CCc2c(nc(-c3ccncc3)nc2N(C)C)C1. The number of anilines is 1. The highest BCUT2D eigenvalue weighted by Gasteiger charge is 2.29. The van der Waals surface area contributed by atoms with Gasteiger partial charge in [0.15, 0.2) is 5.82 Å². The average molecular weight is 369 g/mol. The number of fused-ring (bicyclic) bond motifs is 1. The van der Waals surface area contributed by atoms with Gasteiger partial charge in [-0.1, -0.05) is 0 Å². The normalized spacial score (nSPS) is 14.8. The summed E-state index contributed by atoms with van der Waals surface area (Å²) >= 11 is 0. The smallest absolute Gasteiger partial charge is 0.251 e. The minimum absolute atomic E-state index is 0.00447. The van der Waals surface area contributed by atoms with Crippen molar-refractivity contribution < 1.29 is 9.53 Å². The van der Waals surface area contributed by atoms with E-state index < -0.39 is 6.10 Å². The molecular weight excluding hydrogens is 342 g/mol. The number of amides is 1. The van der Waals surface area contributed by atoms with Crippen molar-refractivity contribution in [2.24, 2.45) is 0 Å². The van der Waals surface area contributed by atoms with E-state index in [0.29, 0.717) is 18.9 Å². The molecule has 2 aromatic rings. The molecule has 1 aliphatic heterocycles. The molecule has 0 fully saturated rings. The molecule has 0 bridgehead atoms. The van der Waals surface area contributed by atoms with Crippen LogP contribution in [0.15, 0.2) is 24.5 Å². The van der Waals surface area contributed by atoms with Gasteiger partial charge in [0.05, 0.1) is 18.3 Å². The van der Waals surface area contributed by atoms with Gasteiger partial charge in [0.25, 0.3) is 5.91 Å². The van der Waals surface area contributed by atoms with Gasteiger partial charge < -0.3 is 14.5 Å². The summed E-state index contributed by atoms with van der Waals surface area (Å²) in [6.45, 7) is 6.81. The van der Waals surface area contributed by atoms with Gasteiger partial charge >= 0.3 is 0 Å². The Kier molecular flexibility index (Phi) is 5.70. The summed E-state index contributed by atoms with van der Waals surface area (Å²) in [5.74, 6) is 1.57. The summed E-state index contributed by atoms with van der Waals surface area (Å²) < 4.78 is 5.67. The molecule has 1 aliphatic rings. The molecule has 27 heavy (non-hydrogen) atoms. The highest BCUT2D eigenvalue weighted by molar-refractivity contribution is 5.81. The van der Waals surface area contributed by atoms with Gasteiger partial charge in [-0.2, -0.15) is 0 Å². The first-order chi connectivity index (χ1) is 12.9. The van der Waals surface area contributed by atoms with E-state index in [4.69, 9.17) is 14.7 Å². The second-order valence-corrected chi connectivity index (χ2v) is 7.26. The predicted octanol–water partition coefficient (Wildman–Crippen LogP) is 2.30. The molecule has 7 nitrogen and oxygen atoms in total. The van der Waals surface area contributed by atoms with Crippen molar-refractivity contribution in [1.29, 1.82) is 0 Å². The fraction of sp³-hybridized carbons (Fsp3) is 0.500. The molecule has 144 valence electrons. The van der Waals surface area contributed by atoms with Crippen LogP contribution in [0.4, 0.5) is 5.82 Å². The van der Waals surface area contributed by atoms with Crippen LogP contribution in [-0.4, -0.2) is 58.6 Å². The summed E-state index contributed by atoms with van der Waals surface area (Å²) in [6.07, 6.45) is 3.76. The van der Waals surface area contributed by atoms with E-state index in [9.17, 15) is 4.79 Å². The van der Waals surface area contributed by atoms with E-state index in [1.54, 1.807) is 12.4 Å². The van der Waals surface area contributed by atoms with E-state index in [1.165, 1.54) is 0 Å². The first-order valence-corrected chi connectivity index (χ1v) is 9.28. The maximum Gasteiger partial charge on any atom is 0.251 e. The number of carbonyl (C=O) groups excluding carboxylic acids is 1. The third-order valence-corrected chi connectivity index (χ3v) is 4.54. The molecular formula is C20H27N5O2. The van der Waals surface area contributed by atoms with E-state index in [1.807, 2.05) is 56.8 Å². The maximum absolute atomic E-state index is 12.8. The number of rotatable bonds is 5. The lowest BCUT2D eigenvalue weighted by Crippen LogP contribution is -2.43. The van der Waals surface area contributed by atoms with E-state index in [2.05, 4.69) is 4.98 Å². The highest BCUT2D eigenvalue weighted by atomic mass is 16.5. The number of hydrogen-bond donors (Lipinski definition) is 0. The quantitative estimate of drug-likeness (QED) is 0.805. The van der Waals surface area contributed by atoms with Crippen LogP contribution in [0.1, 0.15) is 32.0 Å². The first-order valence-electron chi connectivity index (χ1n) is 9.28. The molecule has 1 amide bonds. The van der Waals surface area contributed by atoms with Crippen LogP contribution in [-0.2, 0) is 22.5 Å². The van der Waals surface area contributed by atoms with Crippen molar-refractivity contribution in [3.8, 4) is 11.4 Å². The predicted molar refractivity (Wildman–Crippen MR) is 104 cm³/mol. The number of pyridine rings is 1. The fourth-order valence-corrected chi connectivity index (χ4v) is 3.32. The number of carbonyl (C=O) groups is 1. The molecule has 0 spiro atoms. The minimum atomic E-state index is -0.457. The summed E-state index contributed by atoms with van der Waals surface area (Å²) in [4.78, 5) is 30.2.